The monoisotopic (exact) mass is 284 g/mol. The van der Waals surface area contributed by atoms with Crippen LogP contribution in [0.4, 0.5) is 0 Å². The molecule has 0 saturated heterocycles. The lowest BCUT2D eigenvalue weighted by atomic mass is 10.2. The van der Waals surface area contributed by atoms with Gasteiger partial charge in [0.2, 0.25) is 10.0 Å². The van der Waals surface area contributed by atoms with Gasteiger partial charge in [-0.15, -0.1) is 0 Å². The summed E-state index contributed by atoms with van der Waals surface area (Å²) in [4.78, 5) is 0.204. The SMILES string of the molecule is COc1cc(CN)ccc1S(=O)(=O)N(C)CC1CC1. The van der Waals surface area contributed by atoms with E-state index in [9.17, 15) is 8.42 Å². The summed E-state index contributed by atoms with van der Waals surface area (Å²) < 4.78 is 31.6. The smallest absolute Gasteiger partial charge is 0.246 e. The lowest BCUT2D eigenvalue weighted by Crippen LogP contribution is -2.29. The van der Waals surface area contributed by atoms with Crippen LogP contribution in [0.1, 0.15) is 18.4 Å². The van der Waals surface area contributed by atoms with Crippen LogP contribution in [0.15, 0.2) is 23.1 Å². The highest BCUT2D eigenvalue weighted by Gasteiger charge is 2.30. The largest absolute Gasteiger partial charge is 0.495 e. The Morgan fingerprint density at radius 3 is 2.63 bits per heavy atom. The average molecular weight is 284 g/mol. The fourth-order valence-corrected chi connectivity index (χ4v) is 3.36. The maximum Gasteiger partial charge on any atom is 0.246 e. The van der Waals surface area contributed by atoms with Crippen LogP contribution >= 0.6 is 0 Å². The first kappa shape index (κ1) is 14.3. The number of rotatable bonds is 6. The first-order valence-corrected chi connectivity index (χ1v) is 7.76. The van der Waals surface area contributed by atoms with Crippen LogP contribution in [-0.2, 0) is 16.6 Å². The highest BCUT2D eigenvalue weighted by atomic mass is 32.2. The summed E-state index contributed by atoms with van der Waals surface area (Å²) >= 11 is 0. The van der Waals surface area contributed by atoms with Gasteiger partial charge in [0.05, 0.1) is 7.11 Å². The van der Waals surface area contributed by atoms with E-state index in [0.717, 1.165) is 18.4 Å². The number of sulfonamides is 1. The first-order valence-electron chi connectivity index (χ1n) is 6.32. The van der Waals surface area contributed by atoms with Crippen LogP contribution in [0, 0.1) is 5.92 Å². The third-order valence-electron chi connectivity index (χ3n) is 3.36. The van der Waals surface area contributed by atoms with E-state index in [2.05, 4.69) is 0 Å². The lowest BCUT2D eigenvalue weighted by molar-refractivity contribution is 0.396. The van der Waals surface area contributed by atoms with Gasteiger partial charge >= 0.3 is 0 Å². The van der Waals surface area contributed by atoms with Gasteiger partial charge in [-0.05, 0) is 36.5 Å². The van der Waals surface area contributed by atoms with Gasteiger partial charge in [0.1, 0.15) is 10.6 Å². The summed E-state index contributed by atoms with van der Waals surface area (Å²) in [7, 11) is -0.411. The molecule has 0 heterocycles. The Bertz CT molecular complexity index is 553. The van der Waals surface area contributed by atoms with E-state index >= 15 is 0 Å². The van der Waals surface area contributed by atoms with Crippen molar-refractivity contribution in [2.24, 2.45) is 11.7 Å². The molecular formula is C13H20N2O3S. The molecule has 1 aliphatic carbocycles. The fraction of sp³-hybridized carbons (Fsp3) is 0.538. The molecule has 0 spiro atoms. The predicted octanol–water partition coefficient (Wildman–Crippen LogP) is 1.18. The van der Waals surface area contributed by atoms with Gasteiger partial charge in [0.25, 0.3) is 0 Å². The summed E-state index contributed by atoms with van der Waals surface area (Å²) in [5, 5.41) is 0. The molecule has 19 heavy (non-hydrogen) atoms. The number of ether oxygens (including phenoxy) is 1. The minimum Gasteiger partial charge on any atom is -0.495 e. The number of methoxy groups -OCH3 is 1. The van der Waals surface area contributed by atoms with Crippen LogP contribution in [0.5, 0.6) is 5.75 Å². The molecule has 6 heteroatoms. The van der Waals surface area contributed by atoms with Gasteiger partial charge in [0, 0.05) is 20.1 Å². The quantitative estimate of drug-likeness (QED) is 0.851. The summed E-state index contributed by atoms with van der Waals surface area (Å²) in [5.41, 5.74) is 6.40. The van der Waals surface area contributed by atoms with E-state index in [1.807, 2.05) is 0 Å². The number of hydrogen-bond acceptors (Lipinski definition) is 4. The number of hydrogen-bond donors (Lipinski definition) is 1. The topological polar surface area (TPSA) is 72.6 Å². The molecule has 0 unspecified atom stereocenters. The molecule has 0 radical (unpaired) electrons. The Balaban J connectivity index is 2.32. The Labute approximate surface area is 114 Å². The minimum atomic E-state index is -3.49. The van der Waals surface area contributed by atoms with Crippen molar-refractivity contribution in [1.29, 1.82) is 0 Å². The zero-order valence-corrected chi connectivity index (χ0v) is 12.1. The second-order valence-electron chi connectivity index (χ2n) is 4.92. The summed E-state index contributed by atoms with van der Waals surface area (Å²) in [5.74, 6) is 0.861. The van der Waals surface area contributed by atoms with Gasteiger partial charge in [-0.1, -0.05) is 6.07 Å². The molecule has 0 bridgehead atoms. The van der Waals surface area contributed by atoms with Crippen molar-refractivity contribution >= 4 is 10.0 Å². The van der Waals surface area contributed by atoms with Gasteiger partial charge in [-0.2, -0.15) is 0 Å². The van der Waals surface area contributed by atoms with Crippen LogP contribution in [0.25, 0.3) is 0 Å². The normalized spacial score (nSPS) is 15.8. The molecule has 0 atom stereocenters. The average Bonchev–Trinajstić information content (AvgIpc) is 3.21. The fourth-order valence-electron chi connectivity index (χ4n) is 1.98. The second kappa shape index (κ2) is 5.48. The molecule has 0 aromatic heterocycles. The van der Waals surface area contributed by atoms with Crippen molar-refractivity contribution in [3.05, 3.63) is 23.8 Å². The van der Waals surface area contributed by atoms with Gasteiger partial charge < -0.3 is 10.5 Å². The molecule has 1 aliphatic rings. The van der Waals surface area contributed by atoms with Crippen molar-refractivity contribution in [2.45, 2.75) is 24.3 Å². The first-order chi connectivity index (χ1) is 8.98. The maximum absolute atomic E-state index is 12.5. The molecule has 1 aromatic carbocycles. The van der Waals surface area contributed by atoms with Crippen molar-refractivity contribution in [3.8, 4) is 5.75 Å². The molecule has 0 amide bonds. The number of nitrogens with two attached hydrogens (primary N) is 1. The molecule has 2 N–H and O–H groups in total. The van der Waals surface area contributed by atoms with Crippen molar-refractivity contribution in [3.63, 3.8) is 0 Å². The van der Waals surface area contributed by atoms with Crippen LogP contribution in [0.2, 0.25) is 0 Å². The highest BCUT2D eigenvalue weighted by molar-refractivity contribution is 7.89. The zero-order chi connectivity index (χ0) is 14.0. The van der Waals surface area contributed by atoms with E-state index in [1.165, 1.54) is 11.4 Å². The van der Waals surface area contributed by atoms with Crippen molar-refractivity contribution in [2.75, 3.05) is 20.7 Å². The molecule has 1 fully saturated rings. The van der Waals surface area contributed by atoms with E-state index in [4.69, 9.17) is 10.5 Å². The Morgan fingerprint density at radius 1 is 1.42 bits per heavy atom. The van der Waals surface area contributed by atoms with Crippen molar-refractivity contribution < 1.29 is 13.2 Å². The predicted molar refractivity (Wildman–Crippen MR) is 73.4 cm³/mol. The lowest BCUT2D eigenvalue weighted by Gasteiger charge is -2.19. The van der Waals surface area contributed by atoms with Crippen molar-refractivity contribution in [1.82, 2.24) is 4.31 Å². The summed E-state index contributed by atoms with van der Waals surface area (Å²) in [6, 6.07) is 4.97. The molecule has 106 valence electrons. The Morgan fingerprint density at radius 2 is 2.11 bits per heavy atom. The van der Waals surface area contributed by atoms with Crippen LogP contribution in [0.3, 0.4) is 0 Å². The molecule has 1 aromatic rings. The van der Waals surface area contributed by atoms with E-state index in [1.54, 1.807) is 25.2 Å². The second-order valence-corrected chi connectivity index (χ2v) is 6.93. The van der Waals surface area contributed by atoms with E-state index < -0.39 is 10.0 Å². The molecule has 5 nitrogen and oxygen atoms in total. The third-order valence-corrected chi connectivity index (χ3v) is 5.23. The van der Waals surface area contributed by atoms with Gasteiger partial charge in [0.15, 0.2) is 0 Å². The van der Waals surface area contributed by atoms with Crippen LogP contribution in [-0.4, -0.2) is 33.4 Å². The zero-order valence-electron chi connectivity index (χ0n) is 11.3. The number of benzene rings is 1. The molecule has 0 aliphatic heterocycles. The van der Waals surface area contributed by atoms with E-state index in [-0.39, 0.29) is 4.90 Å². The van der Waals surface area contributed by atoms with E-state index in [0.29, 0.717) is 24.8 Å². The Hall–Kier alpha value is -1.11. The highest BCUT2D eigenvalue weighted by Crippen LogP contribution is 2.33. The van der Waals surface area contributed by atoms with Gasteiger partial charge in [-0.25, -0.2) is 12.7 Å². The maximum atomic E-state index is 12.5. The standard InChI is InChI=1S/C13H20N2O3S/c1-15(9-10-3-4-10)19(16,17)13-6-5-11(8-14)7-12(13)18-2/h5-7,10H,3-4,8-9,14H2,1-2H3. The number of nitrogens with zero attached hydrogens (tertiary/aromatic N) is 1. The molecule has 2 rings (SSSR count). The molecular weight excluding hydrogens is 264 g/mol. The third kappa shape index (κ3) is 3.08. The van der Waals surface area contributed by atoms with Gasteiger partial charge in [-0.3, -0.25) is 0 Å². The Kier molecular flexibility index (Phi) is 4.13. The van der Waals surface area contributed by atoms with Crippen LogP contribution < -0.4 is 10.5 Å². The molecule has 1 saturated carbocycles. The summed E-state index contributed by atoms with van der Waals surface area (Å²) in [6.45, 7) is 0.929. The minimum absolute atomic E-state index is 0.204. The summed E-state index contributed by atoms with van der Waals surface area (Å²) in [6.07, 6.45) is 2.23.